The first-order chi connectivity index (χ1) is 11.4. The molecule has 2 heterocycles. The van der Waals surface area contributed by atoms with E-state index < -0.39 is 12.0 Å². The fraction of sp³-hybridized carbons (Fsp3) is 0.500. The van der Waals surface area contributed by atoms with E-state index >= 15 is 0 Å². The van der Waals surface area contributed by atoms with Crippen molar-refractivity contribution in [1.82, 2.24) is 4.90 Å². The molecule has 0 spiro atoms. The van der Waals surface area contributed by atoms with E-state index in [0.29, 0.717) is 17.7 Å². The number of ketones is 1. The van der Waals surface area contributed by atoms with Gasteiger partial charge in [-0.15, -0.1) is 11.8 Å². The van der Waals surface area contributed by atoms with E-state index in [9.17, 15) is 14.4 Å². The van der Waals surface area contributed by atoms with Crippen LogP contribution in [-0.2, 0) is 20.7 Å². The number of fused-ring (bicyclic) bond motifs is 1. The molecule has 2 aliphatic heterocycles. The minimum atomic E-state index is -0.578. The third-order valence-corrected chi connectivity index (χ3v) is 6.25. The van der Waals surface area contributed by atoms with Crippen LogP contribution in [0.1, 0.15) is 42.6 Å². The second kappa shape index (κ2) is 6.59. The molecule has 0 aliphatic carbocycles. The van der Waals surface area contributed by atoms with Gasteiger partial charge in [-0.3, -0.25) is 9.59 Å². The van der Waals surface area contributed by atoms with Gasteiger partial charge in [0.1, 0.15) is 6.04 Å². The highest BCUT2D eigenvalue weighted by Gasteiger charge is 2.53. The molecule has 2 unspecified atom stereocenters. The monoisotopic (exact) mass is 347 g/mol. The van der Waals surface area contributed by atoms with Crippen LogP contribution in [0.3, 0.4) is 0 Å². The van der Waals surface area contributed by atoms with Crippen LogP contribution in [0.5, 0.6) is 0 Å². The van der Waals surface area contributed by atoms with Crippen molar-refractivity contribution >= 4 is 29.4 Å². The van der Waals surface area contributed by atoms with E-state index in [1.807, 2.05) is 26.0 Å². The number of Topliss-reactive ketones (excluding diaryl/α,β-unsaturated/α-hetero) is 1. The average Bonchev–Trinajstić information content (AvgIpc) is 3.09. The van der Waals surface area contributed by atoms with E-state index in [0.717, 1.165) is 18.4 Å². The lowest BCUT2D eigenvalue weighted by Gasteiger charge is -2.29. The van der Waals surface area contributed by atoms with Crippen LogP contribution in [-0.4, -0.2) is 45.8 Å². The molecule has 1 aromatic rings. The summed E-state index contributed by atoms with van der Waals surface area (Å²) >= 11 is 1.61. The lowest BCUT2D eigenvalue weighted by molar-refractivity contribution is -0.152. The van der Waals surface area contributed by atoms with Crippen molar-refractivity contribution in [3.8, 4) is 0 Å². The standard InChI is InChI=1S/C18H21NO4S/c1-3-12-4-6-13(7-5-12)15(20)10-23-17(22)14-11-24-18(2)9-8-16(21)19(14)18/h4-7,14H,3,8-11H2,1-2H3. The van der Waals surface area contributed by atoms with Crippen LogP contribution in [0.15, 0.2) is 24.3 Å². The van der Waals surface area contributed by atoms with Crippen molar-refractivity contribution in [2.75, 3.05) is 12.4 Å². The highest BCUT2D eigenvalue weighted by molar-refractivity contribution is 8.01. The van der Waals surface area contributed by atoms with Crippen LogP contribution in [0.25, 0.3) is 0 Å². The van der Waals surface area contributed by atoms with Gasteiger partial charge in [0.05, 0.1) is 4.87 Å². The van der Waals surface area contributed by atoms with Gasteiger partial charge in [0.25, 0.3) is 0 Å². The molecule has 0 N–H and O–H groups in total. The molecule has 0 radical (unpaired) electrons. The summed E-state index contributed by atoms with van der Waals surface area (Å²) in [6.45, 7) is 3.74. The van der Waals surface area contributed by atoms with Crippen LogP contribution >= 0.6 is 11.8 Å². The summed E-state index contributed by atoms with van der Waals surface area (Å²) in [6.07, 6.45) is 2.13. The van der Waals surface area contributed by atoms with Gasteiger partial charge in [0.15, 0.2) is 12.4 Å². The number of rotatable bonds is 5. The molecule has 0 saturated carbocycles. The van der Waals surface area contributed by atoms with Crippen molar-refractivity contribution in [1.29, 1.82) is 0 Å². The zero-order valence-electron chi connectivity index (χ0n) is 13.9. The van der Waals surface area contributed by atoms with Crippen LogP contribution < -0.4 is 0 Å². The van der Waals surface area contributed by atoms with Gasteiger partial charge < -0.3 is 9.64 Å². The smallest absolute Gasteiger partial charge is 0.330 e. The molecule has 1 aromatic carbocycles. The van der Waals surface area contributed by atoms with E-state index in [2.05, 4.69) is 0 Å². The van der Waals surface area contributed by atoms with Crippen LogP contribution in [0.4, 0.5) is 0 Å². The predicted molar refractivity (Wildman–Crippen MR) is 91.8 cm³/mol. The van der Waals surface area contributed by atoms with Crippen molar-refractivity contribution in [2.24, 2.45) is 0 Å². The molecule has 0 aromatic heterocycles. The first-order valence-electron chi connectivity index (χ1n) is 8.19. The second-order valence-electron chi connectivity index (χ2n) is 6.35. The van der Waals surface area contributed by atoms with E-state index in [-0.39, 0.29) is 23.2 Å². The number of hydrogen-bond donors (Lipinski definition) is 0. The van der Waals surface area contributed by atoms with E-state index in [1.165, 1.54) is 0 Å². The summed E-state index contributed by atoms with van der Waals surface area (Å²) in [6, 6.07) is 6.72. The highest BCUT2D eigenvalue weighted by Crippen LogP contribution is 2.47. The van der Waals surface area contributed by atoms with E-state index in [1.54, 1.807) is 28.8 Å². The Hall–Kier alpha value is -1.82. The summed E-state index contributed by atoms with van der Waals surface area (Å²) in [4.78, 5) is 37.9. The maximum Gasteiger partial charge on any atom is 0.330 e. The van der Waals surface area contributed by atoms with Crippen LogP contribution in [0, 0.1) is 0 Å². The Morgan fingerprint density at radius 2 is 2.04 bits per heavy atom. The Kier molecular flexibility index (Phi) is 4.67. The minimum Gasteiger partial charge on any atom is -0.456 e. The van der Waals surface area contributed by atoms with Crippen LogP contribution in [0.2, 0.25) is 0 Å². The van der Waals surface area contributed by atoms with Gasteiger partial charge in [0, 0.05) is 17.7 Å². The van der Waals surface area contributed by atoms with Gasteiger partial charge in [-0.25, -0.2) is 4.79 Å². The summed E-state index contributed by atoms with van der Waals surface area (Å²) in [5.74, 6) is -0.196. The molecule has 2 fully saturated rings. The predicted octanol–water partition coefficient (Wildman–Crippen LogP) is 2.43. The SMILES string of the molecule is CCc1ccc(C(=O)COC(=O)C2CSC3(C)CCC(=O)N23)cc1. The first kappa shape index (κ1) is 17.0. The number of carbonyl (C=O) groups excluding carboxylic acids is 3. The van der Waals surface area contributed by atoms with Gasteiger partial charge in [-0.1, -0.05) is 31.2 Å². The Bertz CT molecular complexity index is 672. The lowest BCUT2D eigenvalue weighted by atomic mass is 10.1. The maximum absolute atomic E-state index is 12.3. The summed E-state index contributed by atoms with van der Waals surface area (Å²) in [5, 5.41) is 0. The first-order valence-corrected chi connectivity index (χ1v) is 9.18. The number of carbonyl (C=O) groups is 3. The summed E-state index contributed by atoms with van der Waals surface area (Å²) in [5.41, 5.74) is 1.68. The Morgan fingerprint density at radius 3 is 2.71 bits per heavy atom. The molecule has 2 aliphatic rings. The number of aryl methyl sites for hydroxylation is 1. The number of nitrogens with zero attached hydrogens (tertiary/aromatic N) is 1. The molecule has 2 atom stereocenters. The number of benzene rings is 1. The molecule has 2 saturated heterocycles. The molecular formula is C18H21NO4S. The second-order valence-corrected chi connectivity index (χ2v) is 7.85. The van der Waals surface area contributed by atoms with Crippen molar-refractivity contribution < 1.29 is 19.1 Å². The Labute approximate surface area is 145 Å². The normalized spacial score (nSPS) is 25.7. The third kappa shape index (κ3) is 3.07. The molecule has 128 valence electrons. The van der Waals surface area contributed by atoms with Gasteiger partial charge in [-0.2, -0.15) is 0 Å². The van der Waals surface area contributed by atoms with E-state index in [4.69, 9.17) is 4.74 Å². The Morgan fingerprint density at radius 1 is 1.33 bits per heavy atom. The van der Waals surface area contributed by atoms with Crippen molar-refractivity contribution in [3.63, 3.8) is 0 Å². The summed E-state index contributed by atoms with van der Waals surface area (Å²) in [7, 11) is 0. The molecule has 24 heavy (non-hydrogen) atoms. The lowest BCUT2D eigenvalue weighted by Crippen LogP contribution is -2.46. The zero-order valence-corrected chi connectivity index (χ0v) is 14.7. The zero-order chi connectivity index (χ0) is 17.3. The minimum absolute atomic E-state index is 0.00840. The molecule has 0 bridgehead atoms. The molecule has 3 rings (SSSR count). The number of hydrogen-bond acceptors (Lipinski definition) is 5. The maximum atomic E-state index is 12.3. The fourth-order valence-electron chi connectivity index (χ4n) is 3.24. The Balaban J connectivity index is 1.59. The largest absolute Gasteiger partial charge is 0.456 e. The van der Waals surface area contributed by atoms with Crippen molar-refractivity contribution in [2.45, 2.75) is 44.0 Å². The summed E-state index contributed by atoms with van der Waals surface area (Å²) < 4.78 is 5.20. The number of esters is 1. The molecule has 6 heteroatoms. The molecule has 5 nitrogen and oxygen atoms in total. The number of amides is 1. The number of thioether (sulfide) groups is 1. The molecule has 1 amide bonds. The van der Waals surface area contributed by atoms with Gasteiger partial charge >= 0.3 is 5.97 Å². The van der Waals surface area contributed by atoms with Gasteiger partial charge in [0.2, 0.25) is 5.91 Å². The van der Waals surface area contributed by atoms with Crippen molar-refractivity contribution in [3.05, 3.63) is 35.4 Å². The quantitative estimate of drug-likeness (QED) is 0.605. The fourth-order valence-corrected chi connectivity index (χ4v) is 4.65. The average molecular weight is 347 g/mol. The third-order valence-electron chi connectivity index (χ3n) is 4.75. The van der Waals surface area contributed by atoms with Gasteiger partial charge in [-0.05, 0) is 25.3 Å². The highest BCUT2D eigenvalue weighted by atomic mass is 32.2. The molecular weight excluding hydrogens is 326 g/mol. The topological polar surface area (TPSA) is 63.7 Å². The number of ether oxygens (including phenoxy) is 1.